The minimum Gasteiger partial charge on any atom is -0.492 e. The van der Waals surface area contributed by atoms with E-state index in [2.05, 4.69) is 10.6 Å². The minimum absolute atomic E-state index is 0.121. The van der Waals surface area contributed by atoms with Crippen molar-refractivity contribution in [1.82, 2.24) is 5.32 Å². The Hall–Kier alpha value is -3.67. The van der Waals surface area contributed by atoms with E-state index in [1.807, 2.05) is 31.2 Å². The van der Waals surface area contributed by atoms with E-state index in [4.69, 9.17) is 4.74 Å². The summed E-state index contributed by atoms with van der Waals surface area (Å²) in [6, 6.07) is 18.8. The second-order valence-corrected chi connectivity index (χ2v) is 7.70. The number of nitrogens with one attached hydrogen (secondary N) is 2. The van der Waals surface area contributed by atoms with E-state index in [0.29, 0.717) is 24.2 Å². The van der Waals surface area contributed by atoms with Crippen LogP contribution in [0.4, 0.5) is 10.1 Å². The summed E-state index contributed by atoms with van der Waals surface area (Å²) in [6.07, 6.45) is 0.513. The molecule has 31 heavy (non-hydrogen) atoms. The minimum atomic E-state index is -0.337. The fraction of sp³-hybridized carbons (Fsp3) is 0.200. The lowest BCUT2D eigenvalue weighted by Crippen LogP contribution is -2.37. The average molecular weight is 418 g/mol. The van der Waals surface area contributed by atoms with Crippen LogP contribution in [0.25, 0.3) is 0 Å². The number of fused-ring (bicyclic) bond motifs is 1. The van der Waals surface area contributed by atoms with Crippen LogP contribution in [0.3, 0.4) is 0 Å². The highest BCUT2D eigenvalue weighted by molar-refractivity contribution is 6.04. The molecule has 1 aliphatic rings. The molecular formula is C25H23FN2O3. The van der Waals surface area contributed by atoms with Crippen LogP contribution >= 0.6 is 0 Å². The molecule has 0 unspecified atom stereocenters. The third kappa shape index (κ3) is 5.09. The van der Waals surface area contributed by atoms with Gasteiger partial charge in [0.15, 0.2) is 0 Å². The van der Waals surface area contributed by atoms with Gasteiger partial charge in [-0.1, -0.05) is 29.8 Å². The Kier molecular flexibility index (Phi) is 5.98. The maximum atomic E-state index is 13.0. The van der Waals surface area contributed by atoms with Crippen molar-refractivity contribution in [1.29, 1.82) is 0 Å². The first kappa shape index (κ1) is 20.6. The lowest BCUT2D eigenvalue weighted by atomic mass is 9.95. The predicted molar refractivity (Wildman–Crippen MR) is 117 cm³/mol. The summed E-state index contributed by atoms with van der Waals surface area (Å²) in [5, 5.41) is 5.78. The Balaban J connectivity index is 1.38. The number of ether oxygens (including phenoxy) is 1. The molecule has 1 heterocycles. The van der Waals surface area contributed by atoms with E-state index < -0.39 is 0 Å². The van der Waals surface area contributed by atoms with Gasteiger partial charge in [-0.05, 0) is 66.9 Å². The highest BCUT2D eigenvalue weighted by Crippen LogP contribution is 2.30. The molecule has 3 aromatic rings. The molecule has 1 aliphatic heterocycles. The summed E-state index contributed by atoms with van der Waals surface area (Å²) in [7, 11) is 0. The SMILES string of the molecule is Cc1ccc(C(=O)Nc2ccc3c(c2)C[C@@H](C(=O)NCc2ccc(F)cc2)CO3)cc1. The topological polar surface area (TPSA) is 67.4 Å². The Bertz CT molecular complexity index is 1090. The Labute approximate surface area is 180 Å². The largest absolute Gasteiger partial charge is 0.492 e. The van der Waals surface area contributed by atoms with E-state index in [1.165, 1.54) is 12.1 Å². The first-order chi connectivity index (χ1) is 15.0. The van der Waals surface area contributed by atoms with Crippen LogP contribution < -0.4 is 15.4 Å². The van der Waals surface area contributed by atoms with Crippen molar-refractivity contribution < 1.29 is 18.7 Å². The number of benzene rings is 3. The molecule has 0 saturated carbocycles. The molecule has 0 saturated heterocycles. The van der Waals surface area contributed by atoms with Crippen LogP contribution in [-0.4, -0.2) is 18.4 Å². The van der Waals surface area contributed by atoms with Gasteiger partial charge < -0.3 is 15.4 Å². The van der Waals surface area contributed by atoms with Gasteiger partial charge in [-0.2, -0.15) is 0 Å². The van der Waals surface area contributed by atoms with E-state index >= 15 is 0 Å². The molecule has 0 fully saturated rings. The number of halogens is 1. The standard InChI is InChI=1S/C25H23FN2O3/c1-16-2-6-18(7-3-16)25(30)28-22-10-11-23-19(13-22)12-20(15-31-23)24(29)27-14-17-4-8-21(26)9-5-17/h2-11,13,20H,12,14-15H2,1H3,(H,27,29)(H,28,30)/t20-/m1/s1. The fourth-order valence-electron chi connectivity index (χ4n) is 3.48. The van der Waals surface area contributed by atoms with Crippen LogP contribution in [0.5, 0.6) is 5.75 Å². The second-order valence-electron chi connectivity index (χ2n) is 7.70. The molecular weight excluding hydrogens is 395 g/mol. The van der Waals surface area contributed by atoms with Crippen LogP contribution in [0.2, 0.25) is 0 Å². The molecule has 3 aromatic carbocycles. The Morgan fingerprint density at radius 2 is 1.77 bits per heavy atom. The molecule has 1 atom stereocenters. The number of anilines is 1. The van der Waals surface area contributed by atoms with Crippen LogP contribution in [0.1, 0.15) is 27.0 Å². The Morgan fingerprint density at radius 3 is 2.52 bits per heavy atom. The van der Waals surface area contributed by atoms with Gasteiger partial charge in [-0.3, -0.25) is 9.59 Å². The van der Waals surface area contributed by atoms with Crippen LogP contribution in [-0.2, 0) is 17.8 Å². The maximum Gasteiger partial charge on any atom is 0.255 e. The second kappa shape index (κ2) is 9.00. The molecule has 6 heteroatoms. The van der Waals surface area contributed by atoms with Crippen molar-refractivity contribution in [2.75, 3.05) is 11.9 Å². The molecule has 0 bridgehead atoms. The summed E-state index contributed by atoms with van der Waals surface area (Å²) in [5.41, 5.74) is 4.02. The number of carbonyl (C=O) groups is 2. The Morgan fingerprint density at radius 1 is 1.03 bits per heavy atom. The summed E-state index contributed by atoms with van der Waals surface area (Å²) >= 11 is 0. The van der Waals surface area contributed by atoms with Crippen molar-refractivity contribution in [3.05, 3.63) is 94.8 Å². The summed E-state index contributed by atoms with van der Waals surface area (Å²) in [4.78, 5) is 25.1. The van der Waals surface area contributed by atoms with E-state index in [1.54, 1.807) is 30.3 Å². The van der Waals surface area contributed by atoms with Crippen molar-refractivity contribution in [2.24, 2.45) is 5.92 Å². The fourth-order valence-corrected chi connectivity index (χ4v) is 3.48. The summed E-state index contributed by atoms with van der Waals surface area (Å²) in [5.74, 6) is -0.237. The van der Waals surface area contributed by atoms with Gasteiger partial charge in [0.2, 0.25) is 5.91 Å². The molecule has 0 radical (unpaired) electrons. The van der Waals surface area contributed by atoms with Crippen molar-refractivity contribution >= 4 is 17.5 Å². The zero-order chi connectivity index (χ0) is 21.8. The first-order valence-electron chi connectivity index (χ1n) is 10.1. The van der Waals surface area contributed by atoms with Gasteiger partial charge in [0.05, 0.1) is 5.92 Å². The molecule has 0 aromatic heterocycles. The number of aryl methyl sites for hydroxylation is 1. The third-order valence-corrected chi connectivity index (χ3v) is 5.29. The molecule has 0 aliphatic carbocycles. The molecule has 5 nitrogen and oxygen atoms in total. The van der Waals surface area contributed by atoms with Gasteiger partial charge in [0, 0.05) is 17.8 Å². The molecule has 2 amide bonds. The highest BCUT2D eigenvalue weighted by atomic mass is 19.1. The maximum absolute atomic E-state index is 13.0. The van der Waals surface area contributed by atoms with Gasteiger partial charge in [-0.25, -0.2) is 4.39 Å². The van der Waals surface area contributed by atoms with Crippen LogP contribution in [0.15, 0.2) is 66.7 Å². The molecule has 0 spiro atoms. The monoisotopic (exact) mass is 418 g/mol. The number of amides is 2. The highest BCUT2D eigenvalue weighted by Gasteiger charge is 2.26. The summed E-state index contributed by atoms with van der Waals surface area (Å²) < 4.78 is 18.8. The van der Waals surface area contributed by atoms with Crippen molar-refractivity contribution in [3.63, 3.8) is 0 Å². The average Bonchev–Trinajstić information content (AvgIpc) is 2.78. The number of carbonyl (C=O) groups excluding carboxylic acids is 2. The van der Waals surface area contributed by atoms with E-state index in [9.17, 15) is 14.0 Å². The lowest BCUT2D eigenvalue weighted by molar-refractivity contribution is -0.126. The zero-order valence-corrected chi connectivity index (χ0v) is 17.2. The van der Waals surface area contributed by atoms with Gasteiger partial charge in [-0.15, -0.1) is 0 Å². The third-order valence-electron chi connectivity index (χ3n) is 5.29. The first-order valence-corrected chi connectivity index (χ1v) is 10.1. The summed E-state index contributed by atoms with van der Waals surface area (Å²) in [6.45, 7) is 2.59. The predicted octanol–water partition coefficient (Wildman–Crippen LogP) is 4.25. The smallest absolute Gasteiger partial charge is 0.255 e. The quantitative estimate of drug-likeness (QED) is 0.651. The number of hydrogen-bond donors (Lipinski definition) is 2. The normalized spacial score (nSPS) is 14.8. The molecule has 158 valence electrons. The van der Waals surface area contributed by atoms with Crippen LogP contribution in [0, 0.1) is 18.7 Å². The number of rotatable bonds is 5. The van der Waals surface area contributed by atoms with E-state index in [0.717, 1.165) is 22.4 Å². The number of hydrogen-bond acceptors (Lipinski definition) is 3. The van der Waals surface area contributed by atoms with Crippen molar-refractivity contribution in [2.45, 2.75) is 19.9 Å². The van der Waals surface area contributed by atoms with Gasteiger partial charge in [0.25, 0.3) is 5.91 Å². The molecule has 4 rings (SSSR count). The lowest BCUT2D eigenvalue weighted by Gasteiger charge is -2.25. The van der Waals surface area contributed by atoms with Gasteiger partial charge >= 0.3 is 0 Å². The van der Waals surface area contributed by atoms with E-state index in [-0.39, 0.29) is 30.2 Å². The van der Waals surface area contributed by atoms with Crippen molar-refractivity contribution in [3.8, 4) is 5.75 Å². The zero-order valence-electron chi connectivity index (χ0n) is 17.2. The van der Waals surface area contributed by atoms with Gasteiger partial charge in [0.1, 0.15) is 18.2 Å². The molecule has 2 N–H and O–H groups in total.